The Morgan fingerprint density at radius 1 is 1.22 bits per heavy atom. The Bertz CT molecular complexity index is 1060. The van der Waals surface area contributed by atoms with Crippen LogP contribution in [0.25, 0.3) is 0 Å². The lowest BCUT2D eigenvalue weighted by atomic mass is 9.93. The van der Waals surface area contributed by atoms with Gasteiger partial charge in [-0.05, 0) is 30.7 Å². The van der Waals surface area contributed by atoms with Crippen molar-refractivity contribution in [2.45, 2.75) is 24.7 Å². The van der Waals surface area contributed by atoms with E-state index in [1.807, 2.05) is 0 Å². The molecule has 9 nitrogen and oxygen atoms in total. The number of carbonyl (C=O) groups excluding carboxylic acids is 1. The summed E-state index contributed by atoms with van der Waals surface area (Å²) in [4.78, 5) is 22.6. The second-order valence-corrected chi connectivity index (χ2v) is 8.96. The average Bonchev–Trinajstić information content (AvgIpc) is 2.83. The number of primary amides is 1. The number of benzene rings is 1. The number of anilines is 2. The second kappa shape index (κ2) is 10.9. The molecule has 4 rings (SSSR count). The molecule has 36 heavy (non-hydrogen) atoms. The number of nitrogens with one attached hydrogen (secondary N) is 1. The molecule has 196 valence electrons. The van der Waals surface area contributed by atoms with E-state index >= 15 is 4.39 Å². The van der Waals surface area contributed by atoms with Gasteiger partial charge in [0.1, 0.15) is 6.33 Å². The van der Waals surface area contributed by atoms with E-state index in [2.05, 4.69) is 15.3 Å². The molecule has 3 atom stereocenters. The van der Waals surface area contributed by atoms with Crippen molar-refractivity contribution < 1.29 is 32.2 Å². The largest absolute Gasteiger partial charge is 0.416 e. The average molecular weight is 513 g/mol. The molecule has 0 saturated carbocycles. The van der Waals surface area contributed by atoms with E-state index < -0.39 is 35.6 Å². The first-order chi connectivity index (χ1) is 17.1. The Labute approximate surface area is 205 Å². The van der Waals surface area contributed by atoms with Crippen molar-refractivity contribution in [2.75, 3.05) is 56.2 Å². The Hall–Kier alpha value is -3.03. The van der Waals surface area contributed by atoms with Crippen LogP contribution in [0.1, 0.15) is 23.6 Å². The highest BCUT2D eigenvalue weighted by Gasteiger charge is 2.33. The van der Waals surface area contributed by atoms with E-state index in [0.717, 1.165) is 12.1 Å². The van der Waals surface area contributed by atoms with Crippen molar-refractivity contribution in [2.24, 2.45) is 11.7 Å². The van der Waals surface area contributed by atoms with Gasteiger partial charge in [0.05, 0.1) is 37.5 Å². The highest BCUT2D eigenvalue weighted by atomic mass is 19.4. The molecule has 0 unspecified atom stereocenters. The molecule has 3 heterocycles. The first-order valence-corrected chi connectivity index (χ1v) is 11.6. The summed E-state index contributed by atoms with van der Waals surface area (Å²) in [5.41, 5.74) is 4.99. The van der Waals surface area contributed by atoms with Gasteiger partial charge in [0, 0.05) is 25.6 Å². The number of morpholine rings is 1. The van der Waals surface area contributed by atoms with Crippen molar-refractivity contribution in [3.05, 3.63) is 47.5 Å². The number of halogens is 4. The third kappa shape index (κ3) is 6.02. The van der Waals surface area contributed by atoms with E-state index in [9.17, 15) is 23.1 Å². The van der Waals surface area contributed by atoms with Gasteiger partial charge in [0.15, 0.2) is 11.6 Å². The lowest BCUT2D eigenvalue weighted by Crippen LogP contribution is -2.48. The van der Waals surface area contributed by atoms with E-state index in [-0.39, 0.29) is 50.3 Å². The summed E-state index contributed by atoms with van der Waals surface area (Å²) in [6.45, 7) is 1.94. The van der Waals surface area contributed by atoms with E-state index in [4.69, 9.17) is 10.5 Å². The maximum absolute atomic E-state index is 15.5. The predicted molar refractivity (Wildman–Crippen MR) is 123 cm³/mol. The van der Waals surface area contributed by atoms with Crippen LogP contribution in [0.2, 0.25) is 0 Å². The Kier molecular flexibility index (Phi) is 7.91. The monoisotopic (exact) mass is 512 g/mol. The molecule has 0 radical (unpaired) electrons. The third-order valence-corrected chi connectivity index (χ3v) is 6.51. The lowest BCUT2D eigenvalue weighted by Gasteiger charge is -2.37. The summed E-state index contributed by atoms with van der Waals surface area (Å²) < 4.78 is 59.9. The normalized spacial score (nSPS) is 23.5. The van der Waals surface area contributed by atoms with Crippen LogP contribution < -0.4 is 16.0 Å². The van der Waals surface area contributed by atoms with Gasteiger partial charge in [-0.1, -0.05) is 12.1 Å². The van der Waals surface area contributed by atoms with Gasteiger partial charge < -0.3 is 25.8 Å². The first kappa shape index (κ1) is 26.0. The van der Waals surface area contributed by atoms with Crippen LogP contribution in [0, 0.1) is 11.7 Å². The minimum atomic E-state index is -4.45. The van der Waals surface area contributed by atoms with Crippen LogP contribution >= 0.6 is 0 Å². The number of β-amino-alcohol motifs (C(OH)–C–C–N with tert-alkyl or cyclic N) is 1. The molecule has 4 N–H and O–H groups in total. The third-order valence-electron chi connectivity index (χ3n) is 6.51. The predicted octanol–water partition coefficient (Wildman–Crippen LogP) is 1.79. The van der Waals surface area contributed by atoms with Gasteiger partial charge in [0.2, 0.25) is 11.7 Å². The van der Waals surface area contributed by atoms with Crippen LogP contribution in [0.5, 0.6) is 0 Å². The molecule has 0 aliphatic carbocycles. The van der Waals surface area contributed by atoms with Gasteiger partial charge in [-0.3, -0.25) is 9.69 Å². The fourth-order valence-corrected chi connectivity index (χ4v) is 4.59. The summed E-state index contributed by atoms with van der Waals surface area (Å²) >= 11 is 0. The van der Waals surface area contributed by atoms with Crippen LogP contribution in [0.4, 0.5) is 29.2 Å². The van der Waals surface area contributed by atoms with E-state index in [1.54, 1.807) is 9.80 Å². The summed E-state index contributed by atoms with van der Waals surface area (Å²) in [5.74, 6) is -1.37. The molecule has 2 fully saturated rings. The summed E-state index contributed by atoms with van der Waals surface area (Å²) in [7, 11) is 0. The number of carbonyl (C=O) groups is 1. The molecule has 0 bridgehead atoms. The Morgan fingerprint density at radius 2 is 1.97 bits per heavy atom. The highest BCUT2D eigenvalue weighted by Crippen LogP contribution is 2.34. The zero-order valence-corrected chi connectivity index (χ0v) is 19.4. The first-order valence-electron chi connectivity index (χ1n) is 11.6. The molecule has 1 aromatic carbocycles. The minimum absolute atomic E-state index is 0.0116. The fraction of sp³-hybridized carbons (Fsp3) is 0.522. The molecular weight excluding hydrogens is 484 g/mol. The Balaban J connectivity index is 1.46. The number of hydrogen-bond donors (Lipinski definition) is 3. The van der Waals surface area contributed by atoms with Crippen molar-refractivity contribution >= 4 is 17.5 Å². The van der Waals surface area contributed by atoms with Gasteiger partial charge in [0.25, 0.3) is 0 Å². The minimum Gasteiger partial charge on any atom is -0.391 e. The van der Waals surface area contributed by atoms with Crippen LogP contribution in [-0.4, -0.2) is 77.9 Å². The number of amides is 1. The van der Waals surface area contributed by atoms with Crippen LogP contribution in [0.3, 0.4) is 0 Å². The number of nitrogens with two attached hydrogens (primary N) is 1. The number of alkyl halides is 3. The molecule has 2 saturated heterocycles. The van der Waals surface area contributed by atoms with Crippen molar-refractivity contribution in [1.29, 1.82) is 0 Å². The number of ether oxygens (including phenoxy) is 1. The molecule has 2 aliphatic heterocycles. The zero-order valence-electron chi connectivity index (χ0n) is 19.4. The number of aromatic nitrogens is 2. The molecule has 2 aliphatic rings. The van der Waals surface area contributed by atoms with E-state index in [1.165, 1.54) is 18.5 Å². The zero-order chi connectivity index (χ0) is 25.9. The van der Waals surface area contributed by atoms with Gasteiger partial charge in [-0.25, -0.2) is 9.97 Å². The maximum atomic E-state index is 15.5. The van der Waals surface area contributed by atoms with Crippen molar-refractivity contribution in [3.8, 4) is 0 Å². The smallest absolute Gasteiger partial charge is 0.391 e. The number of aliphatic hydroxyl groups excluding tert-OH is 1. The van der Waals surface area contributed by atoms with Crippen molar-refractivity contribution in [3.63, 3.8) is 0 Å². The maximum Gasteiger partial charge on any atom is 0.416 e. The number of rotatable bonds is 7. The van der Waals surface area contributed by atoms with Gasteiger partial charge in [-0.15, -0.1) is 0 Å². The number of nitrogens with zero attached hydrogens (tertiary/aromatic N) is 4. The number of hydrogen-bond acceptors (Lipinski definition) is 8. The topological polar surface area (TPSA) is 117 Å². The molecule has 1 amide bonds. The van der Waals surface area contributed by atoms with Crippen molar-refractivity contribution in [1.82, 2.24) is 14.9 Å². The summed E-state index contributed by atoms with van der Waals surface area (Å²) in [5, 5.41) is 13.4. The van der Waals surface area contributed by atoms with Crippen LogP contribution in [-0.2, 0) is 15.7 Å². The number of likely N-dealkylation sites (tertiary alicyclic amines) is 1. The van der Waals surface area contributed by atoms with Gasteiger partial charge in [-0.2, -0.15) is 17.6 Å². The van der Waals surface area contributed by atoms with E-state index in [0.29, 0.717) is 25.1 Å². The summed E-state index contributed by atoms with van der Waals surface area (Å²) in [6, 6.07) is 4.17. The standard InChI is InChI=1S/C23H28F4N6O3/c24-20-21(29-9-15-5-6-32(10-18(15)34)11-19(28)35)30-13-31-22(20)33-7-8-36-12-17(33)14-1-3-16(4-2-14)23(25,26)27/h1-4,13,15,17-18,34H,5-12H2,(H2,28,35)(H,29,30,31)/t15-,17-,18+/m1/s1. The van der Waals surface area contributed by atoms with Gasteiger partial charge >= 0.3 is 6.18 Å². The molecule has 0 spiro atoms. The van der Waals surface area contributed by atoms with Crippen LogP contribution in [0.15, 0.2) is 30.6 Å². The SMILES string of the molecule is NC(=O)CN1CC[C@H](CNc2ncnc(N3CCOC[C@@H]3c3ccc(C(F)(F)F)cc3)c2F)[C@@H](O)C1. The number of piperidine rings is 1. The molecule has 1 aromatic heterocycles. The fourth-order valence-electron chi connectivity index (χ4n) is 4.59. The molecule has 2 aromatic rings. The second-order valence-electron chi connectivity index (χ2n) is 8.96. The molecule has 13 heteroatoms. The number of aliphatic hydroxyl groups is 1. The lowest BCUT2D eigenvalue weighted by molar-refractivity contribution is -0.137. The summed E-state index contributed by atoms with van der Waals surface area (Å²) in [6.07, 6.45) is -3.38. The Morgan fingerprint density at radius 3 is 2.64 bits per heavy atom. The highest BCUT2D eigenvalue weighted by molar-refractivity contribution is 5.75. The molecular formula is C23H28F4N6O3. The quantitative estimate of drug-likeness (QED) is 0.481.